The molecule has 0 aliphatic carbocycles. The highest BCUT2D eigenvalue weighted by Crippen LogP contribution is 2.30. The van der Waals surface area contributed by atoms with Gasteiger partial charge in [0.1, 0.15) is 0 Å². The van der Waals surface area contributed by atoms with E-state index in [-0.39, 0.29) is 11.6 Å². The van der Waals surface area contributed by atoms with Crippen LogP contribution in [0, 0.1) is 0 Å². The number of aliphatic hydroxyl groups excluding tert-OH is 1. The maximum absolute atomic E-state index is 12.1. The summed E-state index contributed by atoms with van der Waals surface area (Å²) in [6.07, 6.45) is -0.903. The van der Waals surface area contributed by atoms with Crippen molar-refractivity contribution in [1.29, 1.82) is 0 Å². The average Bonchev–Trinajstić information content (AvgIpc) is 2.58. The lowest BCUT2D eigenvalue weighted by Gasteiger charge is -2.15. The maximum atomic E-state index is 12.1. The number of benzene rings is 2. The summed E-state index contributed by atoms with van der Waals surface area (Å²) in [4.78, 5) is 12.1. The van der Waals surface area contributed by atoms with E-state index in [1.165, 1.54) is 26.4 Å². The number of rotatable bonds is 6. The van der Waals surface area contributed by atoms with Gasteiger partial charge < -0.3 is 19.9 Å². The summed E-state index contributed by atoms with van der Waals surface area (Å²) < 4.78 is 10.3. The molecular formula is C17H17Cl2NO4. The van der Waals surface area contributed by atoms with Crippen LogP contribution >= 0.6 is 23.2 Å². The average molecular weight is 370 g/mol. The molecule has 0 bridgehead atoms. The zero-order valence-electron chi connectivity index (χ0n) is 13.2. The number of ether oxygens (including phenoxy) is 2. The van der Waals surface area contributed by atoms with E-state index in [1.807, 2.05) is 0 Å². The normalized spacial score (nSPS) is 11.7. The molecule has 0 heterocycles. The van der Waals surface area contributed by atoms with Crippen molar-refractivity contribution < 1.29 is 19.4 Å². The maximum Gasteiger partial charge on any atom is 0.252 e. The number of nitrogens with one attached hydrogen (secondary N) is 1. The Morgan fingerprint density at radius 3 is 2.46 bits per heavy atom. The van der Waals surface area contributed by atoms with Crippen molar-refractivity contribution in [2.45, 2.75) is 6.10 Å². The number of methoxy groups -OCH3 is 2. The smallest absolute Gasteiger partial charge is 0.252 e. The molecule has 0 radical (unpaired) electrons. The molecule has 2 rings (SSSR count). The molecule has 2 N–H and O–H groups in total. The van der Waals surface area contributed by atoms with Gasteiger partial charge in [-0.25, -0.2) is 0 Å². The summed E-state index contributed by atoms with van der Waals surface area (Å²) >= 11 is 11.8. The van der Waals surface area contributed by atoms with Crippen LogP contribution in [0.2, 0.25) is 10.0 Å². The molecule has 0 saturated heterocycles. The van der Waals surface area contributed by atoms with E-state index in [0.717, 1.165) is 0 Å². The third kappa shape index (κ3) is 4.32. The first-order chi connectivity index (χ1) is 11.5. The van der Waals surface area contributed by atoms with E-state index < -0.39 is 12.0 Å². The van der Waals surface area contributed by atoms with Gasteiger partial charge >= 0.3 is 0 Å². The molecular weight excluding hydrogens is 353 g/mol. The van der Waals surface area contributed by atoms with Crippen LogP contribution in [0.25, 0.3) is 0 Å². The molecule has 2 aromatic carbocycles. The summed E-state index contributed by atoms with van der Waals surface area (Å²) in [7, 11) is 3.04. The fraction of sp³-hybridized carbons (Fsp3) is 0.235. The zero-order valence-corrected chi connectivity index (χ0v) is 14.7. The molecule has 5 nitrogen and oxygen atoms in total. The summed E-state index contributed by atoms with van der Waals surface area (Å²) in [6, 6.07) is 9.65. The van der Waals surface area contributed by atoms with Gasteiger partial charge in [-0.3, -0.25) is 4.79 Å². The van der Waals surface area contributed by atoms with Crippen LogP contribution in [0.5, 0.6) is 11.5 Å². The monoisotopic (exact) mass is 369 g/mol. The Kier molecular flexibility index (Phi) is 6.31. The SMILES string of the molecule is COc1ccc(C(O)CNC(=O)c2ccc(Cl)cc2Cl)cc1OC. The first-order valence-corrected chi connectivity index (χ1v) is 7.85. The van der Waals surface area contributed by atoms with Crippen LogP contribution in [0.4, 0.5) is 0 Å². The van der Waals surface area contributed by atoms with Gasteiger partial charge in [0.2, 0.25) is 0 Å². The Hall–Kier alpha value is -1.95. The van der Waals surface area contributed by atoms with Crippen LogP contribution in [0.3, 0.4) is 0 Å². The van der Waals surface area contributed by atoms with Crippen molar-refractivity contribution in [2.75, 3.05) is 20.8 Å². The minimum Gasteiger partial charge on any atom is -0.493 e. The predicted molar refractivity (Wildman–Crippen MR) is 93.3 cm³/mol. The van der Waals surface area contributed by atoms with E-state index in [4.69, 9.17) is 32.7 Å². The highest BCUT2D eigenvalue weighted by molar-refractivity contribution is 6.36. The minimum atomic E-state index is -0.903. The summed E-state index contributed by atoms with van der Waals surface area (Å²) in [5.41, 5.74) is 0.885. The number of hydrogen-bond acceptors (Lipinski definition) is 4. The standard InChI is InChI=1S/C17H17Cl2NO4/c1-23-15-6-3-10(7-16(15)24-2)14(21)9-20-17(22)12-5-4-11(18)8-13(12)19/h3-8,14,21H,9H2,1-2H3,(H,20,22). The van der Waals surface area contributed by atoms with Gasteiger partial charge in [0.25, 0.3) is 5.91 Å². The molecule has 0 saturated carbocycles. The third-order valence-corrected chi connectivity index (χ3v) is 3.97. The van der Waals surface area contributed by atoms with E-state index in [1.54, 1.807) is 24.3 Å². The Labute approximate surface area is 150 Å². The van der Waals surface area contributed by atoms with Gasteiger partial charge in [-0.15, -0.1) is 0 Å². The molecule has 24 heavy (non-hydrogen) atoms. The van der Waals surface area contributed by atoms with Crippen molar-refractivity contribution in [2.24, 2.45) is 0 Å². The first kappa shape index (κ1) is 18.4. The highest BCUT2D eigenvalue weighted by Gasteiger charge is 2.15. The van der Waals surface area contributed by atoms with Crippen LogP contribution in [-0.2, 0) is 0 Å². The van der Waals surface area contributed by atoms with Crippen molar-refractivity contribution >= 4 is 29.1 Å². The van der Waals surface area contributed by atoms with E-state index in [9.17, 15) is 9.90 Å². The van der Waals surface area contributed by atoms with Crippen LogP contribution in [0.15, 0.2) is 36.4 Å². The highest BCUT2D eigenvalue weighted by atomic mass is 35.5. The fourth-order valence-corrected chi connectivity index (χ4v) is 2.63. The summed E-state index contributed by atoms with van der Waals surface area (Å²) in [5.74, 6) is 0.669. The van der Waals surface area contributed by atoms with Gasteiger partial charge in [-0.2, -0.15) is 0 Å². The quantitative estimate of drug-likeness (QED) is 0.817. The third-order valence-electron chi connectivity index (χ3n) is 3.42. The van der Waals surface area contributed by atoms with Crippen molar-refractivity contribution in [1.82, 2.24) is 5.32 Å². The number of amides is 1. The molecule has 1 amide bonds. The fourth-order valence-electron chi connectivity index (χ4n) is 2.14. The molecule has 128 valence electrons. The molecule has 1 unspecified atom stereocenters. The molecule has 1 atom stereocenters. The lowest BCUT2D eigenvalue weighted by Crippen LogP contribution is -2.28. The number of carbonyl (C=O) groups is 1. The number of carbonyl (C=O) groups excluding carboxylic acids is 1. The molecule has 2 aromatic rings. The minimum absolute atomic E-state index is 0.0211. The van der Waals surface area contributed by atoms with Crippen LogP contribution in [-0.4, -0.2) is 31.8 Å². The number of aliphatic hydroxyl groups is 1. The van der Waals surface area contributed by atoms with Crippen molar-refractivity contribution in [3.8, 4) is 11.5 Å². The van der Waals surface area contributed by atoms with Gasteiger partial charge in [-0.1, -0.05) is 29.3 Å². The van der Waals surface area contributed by atoms with E-state index in [2.05, 4.69) is 5.32 Å². The summed E-state index contributed by atoms with van der Waals surface area (Å²) in [5, 5.41) is 13.6. The lowest BCUT2D eigenvalue weighted by atomic mass is 10.1. The topological polar surface area (TPSA) is 67.8 Å². The van der Waals surface area contributed by atoms with Gasteiger partial charge in [0, 0.05) is 11.6 Å². The zero-order chi connectivity index (χ0) is 17.7. The molecule has 0 fully saturated rings. The van der Waals surface area contributed by atoms with Gasteiger partial charge in [-0.05, 0) is 35.9 Å². The van der Waals surface area contributed by atoms with E-state index in [0.29, 0.717) is 27.6 Å². The molecule has 7 heteroatoms. The van der Waals surface area contributed by atoms with Crippen molar-refractivity contribution in [3.05, 3.63) is 57.6 Å². The Balaban J connectivity index is 2.04. The second-order valence-electron chi connectivity index (χ2n) is 4.96. The molecule has 0 aliphatic heterocycles. The lowest BCUT2D eigenvalue weighted by molar-refractivity contribution is 0.0916. The number of halogens is 2. The molecule has 0 aliphatic rings. The Morgan fingerprint density at radius 2 is 1.83 bits per heavy atom. The van der Waals surface area contributed by atoms with Gasteiger partial charge in [0.15, 0.2) is 11.5 Å². The first-order valence-electron chi connectivity index (χ1n) is 7.09. The number of hydrogen-bond donors (Lipinski definition) is 2. The Bertz CT molecular complexity index is 737. The Morgan fingerprint density at radius 1 is 1.12 bits per heavy atom. The van der Waals surface area contributed by atoms with E-state index >= 15 is 0 Å². The predicted octanol–water partition coefficient (Wildman–Crippen LogP) is 3.47. The molecule has 0 spiro atoms. The molecule has 0 aromatic heterocycles. The largest absolute Gasteiger partial charge is 0.493 e. The van der Waals surface area contributed by atoms with Crippen LogP contribution < -0.4 is 14.8 Å². The second kappa shape index (κ2) is 8.24. The van der Waals surface area contributed by atoms with Crippen molar-refractivity contribution in [3.63, 3.8) is 0 Å². The van der Waals surface area contributed by atoms with Crippen LogP contribution in [0.1, 0.15) is 22.0 Å². The van der Waals surface area contributed by atoms with Gasteiger partial charge in [0.05, 0.1) is 30.9 Å². The second-order valence-corrected chi connectivity index (χ2v) is 5.81. The summed E-state index contributed by atoms with van der Waals surface area (Å²) in [6.45, 7) is 0.0211.